The van der Waals surface area contributed by atoms with Gasteiger partial charge in [0.15, 0.2) is 0 Å². The van der Waals surface area contributed by atoms with Crippen LogP contribution >= 0.6 is 26.6 Å². The molecule has 2 rings (SSSR count). The number of nitrogens with one attached hydrogen (secondary N) is 1. The van der Waals surface area contributed by atoms with Crippen molar-refractivity contribution in [3.63, 3.8) is 0 Å². The minimum Gasteiger partial charge on any atom is -0.352 e. The van der Waals surface area contributed by atoms with Crippen LogP contribution in [0.25, 0.3) is 0 Å². The van der Waals surface area contributed by atoms with Crippen molar-refractivity contribution in [3.8, 4) is 0 Å². The van der Waals surface area contributed by atoms with Crippen LogP contribution in [0.4, 0.5) is 0 Å². The van der Waals surface area contributed by atoms with Gasteiger partial charge in [0.25, 0.3) is 15.0 Å². The van der Waals surface area contributed by atoms with Crippen LogP contribution in [-0.4, -0.2) is 20.9 Å². The van der Waals surface area contributed by atoms with Gasteiger partial charge in [-0.2, -0.15) is 0 Å². The highest BCUT2D eigenvalue weighted by atomic mass is 79.9. The zero-order valence-electron chi connectivity index (χ0n) is 10.9. The molecule has 0 aromatic heterocycles. The summed E-state index contributed by atoms with van der Waals surface area (Å²) in [7, 11) is 1.45. The molecule has 7 heteroatoms. The van der Waals surface area contributed by atoms with E-state index in [-0.39, 0.29) is 16.4 Å². The molecule has 1 atom stereocenters. The van der Waals surface area contributed by atoms with E-state index in [1.807, 2.05) is 0 Å². The number of rotatable bonds is 5. The Balaban J connectivity index is 2.12. The van der Waals surface area contributed by atoms with E-state index in [0.717, 1.165) is 0 Å². The normalized spacial score (nSPS) is 16.8. The van der Waals surface area contributed by atoms with E-state index in [1.54, 1.807) is 0 Å². The summed E-state index contributed by atoms with van der Waals surface area (Å²) >= 11 is 3.25. The molecule has 1 aliphatic carbocycles. The fraction of sp³-hybridized carbons (Fsp3) is 0.462. The third kappa shape index (κ3) is 3.96. The molecular weight excluding hydrogens is 366 g/mol. The molecule has 0 aliphatic heterocycles. The van der Waals surface area contributed by atoms with Crippen LogP contribution < -0.4 is 5.32 Å². The lowest BCUT2D eigenvalue weighted by atomic mass is 10.1. The Morgan fingerprint density at radius 1 is 1.50 bits per heavy atom. The summed E-state index contributed by atoms with van der Waals surface area (Å²) in [4.78, 5) is 12.0. The molecule has 110 valence electrons. The van der Waals surface area contributed by atoms with Gasteiger partial charge in [0.05, 0.1) is 10.5 Å². The third-order valence-corrected chi connectivity index (χ3v) is 5.52. The van der Waals surface area contributed by atoms with Gasteiger partial charge < -0.3 is 5.32 Å². The molecule has 1 unspecified atom stereocenters. The predicted octanol–water partition coefficient (Wildman–Crippen LogP) is 3.15. The van der Waals surface area contributed by atoms with Crippen molar-refractivity contribution < 1.29 is 13.2 Å². The van der Waals surface area contributed by atoms with E-state index < -0.39 is 9.05 Å². The second-order valence-corrected chi connectivity index (χ2v) is 8.52. The van der Waals surface area contributed by atoms with Gasteiger partial charge >= 0.3 is 0 Å². The number of carbonyl (C=O) groups excluding carboxylic acids is 1. The lowest BCUT2D eigenvalue weighted by Gasteiger charge is -2.12. The van der Waals surface area contributed by atoms with Gasteiger partial charge in [0.1, 0.15) is 0 Å². The first kappa shape index (κ1) is 15.8. The smallest absolute Gasteiger partial charge is 0.261 e. The summed E-state index contributed by atoms with van der Waals surface area (Å²) in [6.07, 6.45) is 2.45. The first-order valence-electron chi connectivity index (χ1n) is 6.31. The maximum Gasteiger partial charge on any atom is 0.261 e. The Kier molecular flexibility index (Phi) is 4.76. The van der Waals surface area contributed by atoms with E-state index in [2.05, 4.69) is 28.2 Å². The van der Waals surface area contributed by atoms with Crippen LogP contribution in [0.3, 0.4) is 0 Å². The minimum absolute atomic E-state index is 0.0808. The average Bonchev–Trinajstić information content (AvgIpc) is 3.18. The Hall–Kier alpha value is -0.590. The molecule has 1 aliphatic rings. The Bertz CT molecular complexity index is 629. The van der Waals surface area contributed by atoms with Crippen molar-refractivity contribution in [2.45, 2.75) is 24.7 Å². The zero-order chi connectivity index (χ0) is 14.9. The molecule has 1 aromatic rings. The van der Waals surface area contributed by atoms with Gasteiger partial charge in [-0.3, -0.25) is 4.79 Å². The Morgan fingerprint density at radius 2 is 2.15 bits per heavy atom. The monoisotopic (exact) mass is 379 g/mol. The molecule has 1 saturated carbocycles. The molecule has 4 nitrogen and oxygen atoms in total. The zero-order valence-corrected chi connectivity index (χ0v) is 14.1. The third-order valence-electron chi connectivity index (χ3n) is 3.48. The number of hydrogen-bond acceptors (Lipinski definition) is 3. The van der Waals surface area contributed by atoms with Crippen molar-refractivity contribution >= 4 is 41.6 Å². The molecule has 20 heavy (non-hydrogen) atoms. The Morgan fingerprint density at radius 3 is 2.70 bits per heavy atom. The van der Waals surface area contributed by atoms with Gasteiger partial charge in [0.2, 0.25) is 0 Å². The average molecular weight is 381 g/mol. The second kappa shape index (κ2) is 6.03. The van der Waals surface area contributed by atoms with Crippen LogP contribution in [0, 0.1) is 11.8 Å². The molecule has 1 fully saturated rings. The van der Waals surface area contributed by atoms with Gasteiger partial charge in [-0.15, -0.1) is 0 Å². The fourth-order valence-corrected chi connectivity index (χ4v) is 3.21. The lowest BCUT2D eigenvalue weighted by Crippen LogP contribution is -2.29. The number of hydrogen-bond donors (Lipinski definition) is 1. The summed E-state index contributed by atoms with van der Waals surface area (Å²) < 4.78 is 23.1. The fourth-order valence-electron chi connectivity index (χ4n) is 2.01. The standard InChI is InChI=1S/C13H15BrClNO3S/c1-8(9-2-3-9)7-16-13(17)11-6-10(20(15,18)19)4-5-12(11)14/h4-6,8-9H,2-3,7H2,1H3,(H,16,17). The highest BCUT2D eigenvalue weighted by molar-refractivity contribution is 9.10. The summed E-state index contributed by atoms with van der Waals surface area (Å²) in [6.45, 7) is 2.69. The van der Waals surface area contributed by atoms with Crippen molar-refractivity contribution in [2.24, 2.45) is 11.8 Å². The number of carbonyl (C=O) groups is 1. The topological polar surface area (TPSA) is 63.2 Å². The van der Waals surface area contributed by atoms with Crippen LogP contribution in [0.15, 0.2) is 27.6 Å². The maximum atomic E-state index is 12.1. The summed E-state index contributed by atoms with van der Waals surface area (Å²) in [6, 6.07) is 4.15. The number of amides is 1. The summed E-state index contributed by atoms with van der Waals surface area (Å²) in [5.74, 6) is 0.845. The molecule has 0 bridgehead atoms. The van der Waals surface area contributed by atoms with Crippen LogP contribution in [0.1, 0.15) is 30.1 Å². The van der Waals surface area contributed by atoms with Gasteiger partial charge in [-0.05, 0) is 58.8 Å². The van der Waals surface area contributed by atoms with E-state index >= 15 is 0 Å². The van der Waals surface area contributed by atoms with E-state index in [0.29, 0.717) is 22.9 Å². The van der Waals surface area contributed by atoms with Crippen LogP contribution in [-0.2, 0) is 9.05 Å². The first-order valence-corrected chi connectivity index (χ1v) is 9.41. The predicted molar refractivity (Wildman–Crippen MR) is 81.4 cm³/mol. The van der Waals surface area contributed by atoms with Crippen molar-refractivity contribution in [1.82, 2.24) is 5.32 Å². The van der Waals surface area contributed by atoms with Gasteiger partial charge in [0, 0.05) is 21.7 Å². The molecule has 0 radical (unpaired) electrons. The van der Waals surface area contributed by atoms with Crippen LogP contribution in [0.5, 0.6) is 0 Å². The summed E-state index contributed by atoms with van der Waals surface area (Å²) in [5, 5.41) is 2.83. The second-order valence-electron chi connectivity index (χ2n) is 5.10. The number of benzene rings is 1. The highest BCUT2D eigenvalue weighted by Crippen LogP contribution is 2.36. The van der Waals surface area contributed by atoms with E-state index in [4.69, 9.17) is 10.7 Å². The molecule has 1 aromatic carbocycles. The van der Waals surface area contributed by atoms with Gasteiger partial charge in [-0.1, -0.05) is 6.92 Å². The lowest BCUT2D eigenvalue weighted by molar-refractivity contribution is 0.0945. The van der Waals surface area contributed by atoms with Crippen LogP contribution in [0.2, 0.25) is 0 Å². The van der Waals surface area contributed by atoms with Crippen molar-refractivity contribution in [1.29, 1.82) is 0 Å². The van der Waals surface area contributed by atoms with Gasteiger partial charge in [-0.25, -0.2) is 8.42 Å². The molecule has 0 saturated heterocycles. The highest BCUT2D eigenvalue weighted by Gasteiger charge is 2.28. The molecule has 1 N–H and O–H groups in total. The van der Waals surface area contributed by atoms with E-state index in [1.165, 1.54) is 31.0 Å². The SMILES string of the molecule is CC(CNC(=O)c1cc(S(=O)(=O)Cl)ccc1Br)C1CC1. The summed E-state index contributed by atoms with van der Waals surface area (Å²) in [5.41, 5.74) is 0.273. The molecule has 1 amide bonds. The Labute approximate surface area is 131 Å². The van der Waals surface area contributed by atoms with Crippen molar-refractivity contribution in [2.75, 3.05) is 6.54 Å². The molecule has 0 spiro atoms. The largest absolute Gasteiger partial charge is 0.352 e. The minimum atomic E-state index is -3.84. The van der Waals surface area contributed by atoms with E-state index in [9.17, 15) is 13.2 Å². The number of halogens is 2. The van der Waals surface area contributed by atoms with Crippen molar-refractivity contribution in [3.05, 3.63) is 28.2 Å². The first-order chi connectivity index (χ1) is 9.29. The molecule has 0 heterocycles. The molecular formula is C13H15BrClNO3S. The quantitative estimate of drug-likeness (QED) is 0.798. The maximum absolute atomic E-state index is 12.1.